The van der Waals surface area contributed by atoms with Gasteiger partial charge in [-0.25, -0.2) is 4.79 Å². The monoisotopic (exact) mass is 324 g/mol. The van der Waals surface area contributed by atoms with E-state index in [2.05, 4.69) is 0 Å². The Bertz CT molecular complexity index is 350. The number of primary amides is 1. The second kappa shape index (κ2) is 8.76. The van der Waals surface area contributed by atoms with Crippen LogP contribution in [0.3, 0.4) is 0 Å². The summed E-state index contributed by atoms with van der Waals surface area (Å²) in [7, 11) is -8.18. The molecule has 0 aliphatic rings. The third-order valence-corrected chi connectivity index (χ3v) is 3.86. The molecule has 0 aromatic heterocycles. The van der Waals surface area contributed by atoms with Crippen molar-refractivity contribution in [3.8, 4) is 0 Å². The zero-order chi connectivity index (χ0) is 13.5. The van der Waals surface area contributed by atoms with E-state index in [1.54, 1.807) is 6.92 Å². The summed E-state index contributed by atoms with van der Waals surface area (Å²) in [6.07, 6.45) is 0.262. The molecule has 110 valence electrons. The molecule has 12 heteroatoms. The molecule has 0 aliphatic heterocycles. The Morgan fingerprint density at radius 1 is 1.44 bits per heavy atom. The SMILES string of the molecule is CCO[Si](O)(O)CCC[NH2+]C(=O)NS(=O)(=O)O.[Cl-]. The lowest BCUT2D eigenvalue weighted by atomic mass is 10.5. The normalized spacial score (nSPS) is 11.8. The maximum absolute atomic E-state index is 10.9. The highest BCUT2D eigenvalue weighted by Crippen LogP contribution is 2.05. The minimum Gasteiger partial charge on any atom is -1.00 e. The lowest BCUT2D eigenvalue weighted by Crippen LogP contribution is -3.00. The van der Waals surface area contributed by atoms with Crippen LogP contribution in [0.4, 0.5) is 4.79 Å². The van der Waals surface area contributed by atoms with Crippen LogP contribution in [-0.2, 0) is 14.7 Å². The minimum absolute atomic E-state index is 0. The Balaban J connectivity index is 0. The lowest BCUT2D eigenvalue weighted by Gasteiger charge is -2.15. The quantitative estimate of drug-likeness (QED) is 0.178. The number of rotatable bonds is 7. The summed E-state index contributed by atoms with van der Waals surface area (Å²) in [6, 6.07) is -0.955. The zero-order valence-corrected chi connectivity index (χ0v) is 12.2. The first kappa shape index (κ1) is 20.1. The Morgan fingerprint density at radius 2 is 2.00 bits per heavy atom. The summed E-state index contributed by atoms with van der Waals surface area (Å²) < 4.78 is 34.8. The Hall–Kier alpha value is -0.273. The van der Waals surface area contributed by atoms with Crippen LogP contribution in [-0.4, -0.2) is 50.5 Å². The average Bonchev–Trinajstić information content (AvgIpc) is 2.09. The number of halogens is 1. The van der Waals surface area contributed by atoms with Gasteiger partial charge in [0.1, 0.15) is 0 Å². The fourth-order valence-electron chi connectivity index (χ4n) is 1.04. The van der Waals surface area contributed by atoms with Gasteiger partial charge in [-0.3, -0.25) is 9.87 Å². The van der Waals surface area contributed by atoms with Crippen LogP contribution in [0.1, 0.15) is 13.3 Å². The molecule has 9 nitrogen and oxygen atoms in total. The van der Waals surface area contributed by atoms with E-state index in [0.29, 0.717) is 0 Å². The van der Waals surface area contributed by atoms with Gasteiger partial charge in [0.05, 0.1) is 6.54 Å². The van der Waals surface area contributed by atoms with Gasteiger partial charge in [-0.05, 0) is 6.92 Å². The Kier molecular flexibility index (Phi) is 9.76. The molecule has 0 saturated heterocycles. The molecule has 0 heterocycles. The smallest absolute Gasteiger partial charge is 0.495 e. The molecule has 0 aromatic rings. The summed E-state index contributed by atoms with van der Waals surface area (Å²) in [5.41, 5.74) is 0. The first-order valence-corrected chi connectivity index (χ1v) is 8.32. The molecule has 0 saturated carbocycles. The van der Waals surface area contributed by atoms with Gasteiger partial charge in [0.15, 0.2) is 0 Å². The van der Waals surface area contributed by atoms with Crippen molar-refractivity contribution in [3.05, 3.63) is 0 Å². The van der Waals surface area contributed by atoms with Gasteiger partial charge in [0.2, 0.25) is 0 Å². The number of nitrogens with one attached hydrogen (secondary N) is 1. The van der Waals surface area contributed by atoms with Crippen molar-refractivity contribution >= 4 is 25.1 Å². The summed E-state index contributed by atoms with van der Waals surface area (Å²) in [6.45, 7) is 1.95. The van der Waals surface area contributed by atoms with Crippen molar-refractivity contribution in [1.29, 1.82) is 0 Å². The number of hydrogen-bond donors (Lipinski definition) is 5. The van der Waals surface area contributed by atoms with E-state index < -0.39 is 25.1 Å². The number of urea groups is 1. The van der Waals surface area contributed by atoms with Gasteiger partial charge >= 0.3 is 25.1 Å². The van der Waals surface area contributed by atoms with Crippen molar-refractivity contribution < 1.29 is 49.5 Å². The zero-order valence-electron chi connectivity index (χ0n) is 9.67. The molecule has 6 N–H and O–H groups in total. The molecule has 0 atom stereocenters. The summed E-state index contributed by atoms with van der Waals surface area (Å²) in [5.74, 6) is 0. The molecule has 2 amide bonds. The van der Waals surface area contributed by atoms with Gasteiger partial charge in [-0.15, -0.1) is 0 Å². The number of hydrogen-bond acceptors (Lipinski definition) is 6. The topological polar surface area (TPSA) is 150 Å². The Morgan fingerprint density at radius 3 is 2.44 bits per heavy atom. The van der Waals surface area contributed by atoms with Crippen LogP contribution < -0.4 is 22.4 Å². The van der Waals surface area contributed by atoms with Crippen molar-refractivity contribution in [2.75, 3.05) is 13.2 Å². The van der Waals surface area contributed by atoms with Crippen molar-refractivity contribution in [2.45, 2.75) is 19.4 Å². The van der Waals surface area contributed by atoms with E-state index in [4.69, 9.17) is 8.98 Å². The van der Waals surface area contributed by atoms with Crippen LogP contribution in [0.5, 0.6) is 0 Å². The first-order valence-electron chi connectivity index (χ1n) is 4.87. The van der Waals surface area contributed by atoms with E-state index in [-0.39, 0.29) is 38.0 Å². The summed E-state index contributed by atoms with van der Waals surface area (Å²) >= 11 is 0. The minimum atomic E-state index is -4.54. The highest BCUT2D eigenvalue weighted by Gasteiger charge is 2.31. The maximum Gasteiger partial charge on any atom is 0.495 e. The third-order valence-electron chi connectivity index (χ3n) is 1.64. The molecule has 0 radical (unpaired) electrons. The highest BCUT2D eigenvalue weighted by atomic mass is 35.5. The fraction of sp³-hybridized carbons (Fsp3) is 0.833. The van der Waals surface area contributed by atoms with Gasteiger partial charge in [0.25, 0.3) is 0 Å². The van der Waals surface area contributed by atoms with Crippen LogP contribution in [0, 0.1) is 0 Å². The first-order chi connectivity index (χ1) is 7.66. The van der Waals surface area contributed by atoms with Crippen LogP contribution in [0.2, 0.25) is 6.04 Å². The molecule has 0 aliphatic carbocycles. The van der Waals surface area contributed by atoms with Gasteiger partial charge in [-0.2, -0.15) is 13.1 Å². The predicted molar refractivity (Wildman–Crippen MR) is 58.1 cm³/mol. The van der Waals surface area contributed by atoms with Crippen molar-refractivity contribution in [3.63, 3.8) is 0 Å². The number of carbonyl (C=O) groups is 1. The van der Waals surface area contributed by atoms with Crippen molar-refractivity contribution in [2.24, 2.45) is 0 Å². The largest absolute Gasteiger partial charge is 1.00 e. The van der Waals surface area contributed by atoms with Crippen molar-refractivity contribution in [1.82, 2.24) is 4.72 Å². The molecule has 0 bridgehead atoms. The highest BCUT2D eigenvalue weighted by molar-refractivity contribution is 7.84. The van der Waals surface area contributed by atoms with Crippen LogP contribution >= 0.6 is 0 Å². The summed E-state index contributed by atoms with van der Waals surface area (Å²) in [4.78, 5) is 29.4. The van der Waals surface area contributed by atoms with E-state index in [0.717, 1.165) is 5.32 Å². The standard InChI is InChI=1S/C6H16N2O7SSi.ClH/c1-2-15-17(13,14)5-3-4-7-6(9)8-16(10,11)12;/h13-14H,2-5H2,1H3,(H2,7,8,9)(H,10,11,12);1H. The maximum atomic E-state index is 10.9. The number of quaternary nitrogens is 1. The number of nitrogens with two attached hydrogens (primary N) is 1. The molecule has 0 spiro atoms. The number of carbonyl (C=O) groups excluding carboxylic acids is 1. The molecule has 0 rings (SSSR count). The van der Waals surface area contributed by atoms with Crippen LogP contribution in [0.15, 0.2) is 0 Å². The predicted octanol–water partition coefficient (Wildman–Crippen LogP) is -5.58. The van der Waals surface area contributed by atoms with Gasteiger partial charge in [0, 0.05) is 19.1 Å². The molecule has 0 fully saturated rings. The second-order valence-corrected chi connectivity index (χ2v) is 6.64. The average molecular weight is 325 g/mol. The summed E-state index contributed by atoms with van der Waals surface area (Å²) in [5, 5.41) is 0.990. The van der Waals surface area contributed by atoms with Gasteiger partial charge < -0.3 is 26.4 Å². The molecule has 0 aromatic carbocycles. The van der Waals surface area contributed by atoms with E-state index in [1.807, 2.05) is 0 Å². The van der Waals surface area contributed by atoms with Gasteiger partial charge in [-0.1, -0.05) is 0 Å². The number of amides is 2. The molecule has 0 unspecified atom stereocenters. The fourth-order valence-corrected chi connectivity index (χ4v) is 2.65. The molecular weight excluding hydrogens is 308 g/mol. The van der Waals surface area contributed by atoms with Crippen LogP contribution in [0.25, 0.3) is 0 Å². The Labute approximate surface area is 112 Å². The third kappa shape index (κ3) is 12.2. The molecule has 18 heavy (non-hydrogen) atoms. The molecular formula is C6H17ClN2O7SSi. The van der Waals surface area contributed by atoms with E-state index >= 15 is 0 Å². The van der Waals surface area contributed by atoms with E-state index in [1.165, 1.54) is 4.72 Å². The van der Waals surface area contributed by atoms with E-state index in [9.17, 15) is 22.8 Å². The lowest BCUT2D eigenvalue weighted by molar-refractivity contribution is -0.555. The second-order valence-electron chi connectivity index (χ2n) is 3.21.